The molecule has 0 saturated carbocycles. The van der Waals surface area contributed by atoms with Crippen molar-refractivity contribution in [2.75, 3.05) is 6.61 Å². The molecule has 0 bridgehead atoms. The zero-order valence-electron chi connectivity index (χ0n) is 11.7. The topological polar surface area (TPSA) is 93.0 Å². The SMILES string of the molecule is O=C(NCc1noc([C@@H]2CCCO2)n1)c1cc2sccc2[nH]1. The van der Waals surface area contributed by atoms with Crippen molar-refractivity contribution >= 4 is 27.5 Å². The van der Waals surface area contributed by atoms with Gasteiger partial charge in [0.1, 0.15) is 11.8 Å². The lowest BCUT2D eigenvalue weighted by Gasteiger charge is -2.01. The normalized spacial score (nSPS) is 18.1. The maximum atomic E-state index is 12.1. The smallest absolute Gasteiger partial charge is 0.268 e. The van der Waals surface area contributed by atoms with Crippen LogP contribution in [0.1, 0.15) is 41.1 Å². The summed E-state index contributed by atoms with van der Waals surface area (Å²) in [4.78, 5) is 19.4. The van der Waals surface area contributed by atoms with Gasteiger partial charge in [-0.1, -0.05) is 5.16 Å². The Morgan fingerprint density at radius 1 is 1.55 bits per heavy atom. The highest BCUT2D eigenvalue weighted by molar-refractivity contribution is 7.17. The zero-order chi connectivity index (χ0) is 14.9. The van der Waals surface area contributed by atoms with Gasteiger partial charge in [-0.05, 0) is 30.4 Å². The Hall–Kier alpha value is -2.19. The third-order valence-corrected chi connectivity index (χ3v) is 4.44. The molecule has 22 heavy (non-hydrogen) atoms. The standard InChI is InChI=1S/C14H14N4O3S/c19-13(9-6-11-8(16-9)3-5-22-11)15-7-12-17-14(21-18-12)10-2-1-4-20-10/h3,5-6,10,16H,1-2,4,7H2,(H,15,19)/t10-/m0/s1. The molecule has 0 aliphatic carbocycles. The molecule has 4 rings (SSSR count). The number of nitrogens with one attached hydrogen (secondary N) is 2. The van der Waals surface area contributed by atoms with Gasteiger partial charge in [0.2, 0.25) is 0 Å². The fourth-order valence-corrected chi connectivity index (χ4v) is 3.25. The number of aromatic nitrogens is 3. The molecule has 0 aromatic carbocycles. The van der Waals surface area contributed by atoms with Crippen molar-refractivity contribution in [2.45, 2.75) is 25.5 Å². The first-order valence-corrected chi connectivity index (χ1v) is 7.96. The van der Waals surface area contributed by atoms with E-state index in [1.807, 2.05) is 17.5 Å². The first-order valence-electron chi connectivity index (χ1n) is 7.08. The predicted molar refractivity (Wildman–Crippen MR) is 79.6 cm³/mol. The summed E-state index contributed by atoms with van der Waals surface area (Å²) in [6.07, 6.45) is 1.79. The van der Waals surface area contributed by atoms with Gasteiger partial charge in [0, 0.05) is 6.61 Å². The third kappa shape index (κ3) is 2.51. The summed E-state index contributed by atoms with van der Waals surface area (Å²) >= 11 is 1.59. The van der Waals surface area contributed by atoms with E-state index in [1.165, 1.54) is 0 Å². The van der Waals surface area contributed by atoms with Crippen LogP contribution in [0.2, 0.25) is 0 Å². The second-order valence-corrected chi connectivity index (χ2v) is 6.06. The number of carbonyl (C=O) groups is 1. The number of ether oxygens (including phenoxy) is 1. The molecule has 1 amide bonds. The van der Waals surface area contributed by atoms with E-state index in [0.29, 0.717) is 17.4 Å². The molecule has 1 saturated heterocycles. The quantitative estimate of drug-likeness (QED) is 0.770. The minimum atomic E-state index is -0.188. The Morgan fingerprint density at radius 2 is 2.50 bits per heavy atom. The summed E-state index contributed by atoms with van der Waals surface area (Å²) in [6, 6.07) is 3.78. The number of nitrogens with zero attached hydrogens (tertiary/aromatic N) is 2. The van der Waals surface area contributed by atoms with E-state index in [0.717, 1.165) is 29.7 Å². The van der Waals surface area contributed by atoms with E-state index in [-0.39, 0.29) is 18.6 Å². The van der Waals surface area contributed by atoms with Gasteiger partial charge < -0.3 is 19.6 Å². The van der Waals surface area contributed by atoms with Crippen molar-refractivity contribution in [2.24, 2.45) is 0 Å². The van der Waals surface area contributed by atoms with Crippen molar-refractivity contribution in [3.8, 4) is 0 Å². The number of H-pyrrole nitrogens is 1. The van der Waals surface area contributed by atoms with E-state index < -0.39 is 0 Å². The van der Waals surface area contributed by atoms with Crippen LogP contribution in [0, 0.1) is 0 Å². The molecule has 1 aliphatic heterocycles. The molecule has 0 unspecified atom stereocenters. The number of amides is 1. The van der Waals surface area contributed by atoms with Crippen LogP contribution in [0.4, 0.5) is 0 Å². The number of thiophene rings is 1. The maximum Gasteiger partial charge on any atom is 0.268 e. The number of aromatic amines is 1. The van der Waals surface area contributed by atoms with E-state index >= 15 is 0 Å². The minimum Gasteiger partial charge on any atom is -0.368 e. The summed E-state index contributed by atoms with van der Waals surface area (Å²) < 4.78 is 11.7. The predicted octanol–water partition coefficient (Wildman–Crippen LogP) is 2.39. The second-order valence-electron chi connectivity index (χ2n) is 5.11. The molecule has 1 atom stereocenters. The van der Waals surface area contributed by atoms with E-state index in [1.54, 1.807) is 11.3 Å². The van der Waals surface area contributed by atoms with Crippen LogP contribution in [0.5, 0.6) is 0 Å². The summed E-state index contributed by atoms with van der Waals surface area (Å²) in [5.74, 6) is 0.751. The molecule has 114 valence electrons. The van der Waals surface area contributed by atoms with E-state index in [2.05, 4.69) is 20.4 Å². The average Bonchev–Trinajstić information content (AvgIpc) is 3.26. The van der Waals surface area contributed by atoms with Crippen LogP contribution in [0.3, 0.4) is 0 Å². The van der Waals surface area contributed by atoms with Gasteiger partial charge in [0.25, 0.3) is 11.8 Å². The van der Waals surface area contributed by atoms with Crippen molar-refractivity contribution in [3.63, 3.8) is 0 Å². The Kier molecular flexibility index (Phi) is 3.39. The highest BCUT2D eigenvalue weighted by atomic mass is 32.1. The van der Waals surface area contributed by atoms with Gasteiger partial charge in [-0.15, -0.1) is 11.3 Å². The Balaban J connectivity index is 1.39. The van der Waals surface area contributed by atoms with Crippen LogP contribution < -0.4 is 5.32 Å². The molecule has 2 N–H and O–H groups in total. The second kappa shape index (κ2) is 5.54. The minimum absolute atomic E-state index is 0.104. The number of hydrogen-bond acceptors (Lipinski definition) is 6. The van der Waals surface area contributed by atoms with E-state index in [4.69, 9.17) is 9.26 Å². The largest absolute Gasteiger partial charge is 0.368 e. The lowest BCUT2D eigenvalue weighted by molar-refractivity contribution is 0.0835. The van der Waals surface area contributed by atoms with Crippen molar-refractivity contribution < 1.29 is 14.1 Å². The molecule has 1 fully saturated rings. The number of rotatable bonds is 4. The molecular formula is C14H14N4O3S. The van der Waals surface area contributed by atoms with Crippen molar-refractivity contribution in [1.82, 2.24) is 20.4 Å². The van der Waals surface area contributed by atoms with Crippen LogP contribution >= 0.6 is 11.3 Å². The van der Waals surface area contributed by atoms with Crippen LogP contribution in [-0.2, 0) is 11.3 Å². The first-order chi connectivity index (χ1) is 10.8. The van der Waals surface area contributed by atoms with Crippen LogP contribution in [0.15, 0.2) is 22.0 Å². The Labute approximate surface area is 129 Å². The summed E-state index contributed by atoms with van der Waals surface area (Å²) in [5, 5.41) is 8.63. The summed E-state index contributed by atoms with van der Waals surface area (Å²) in [7, 11) is 0. The molecule has 0 radical (unpaired) electrons. The van der Waals surface area contributed by atoms with Gasteiger partial charge in [0.15, 0.2) is 5.82 Å². The maximum absolute atomic E-state index is 12.1. The van der Waals surface area contributed by atoms with Gasteiger partial charge in [-0.25, -0.2) is 0 Å². The number of fused-ring (bicyclic) bond motifs is 1. The summed E-state index contributed by atoms with van der Waals surface area (Å²) in [5.41, 5.74) is 1.50. The van der Waals surface area contributed by atoms with Gasteiger partial charge in [-0.3, -0.25) is 4.79 Å². The molecule has 8 heteroatoms. The van der Waals surface area contributed by atoms with Crippen molar-refractivity contribution in [3.05, 3.63) is 34.9 Å². The zero-order valence-corrected chi connectivity index (χ0v) is 12.5. The van der Waals surface area contributed by atoms with Crippen molar-refractivity contribution in [1.29, 1.82) is 0 Å². The molecule has 3 aromatic rings. The molecular weight excluding hydrogens is 304 g/mol. The first kappa shape index (κ1) is 13.5. The molecule has 0 spiro atoms. The van der Waals surface area contributed by atoms with Crippen LogP contribution in [-0.4, -0.2) is 27.6 Å². The number of carbonyl (C=O) groups excluding carboxylic acids is 1. The fourth-order valence-electron chi connectivity index (χ4n) is 2.47. The highest BCUT2D eigenvalue weighted by Gasteiger charge is 2.24. The fraction of sp³-hybridized carbons (Fsp3) is 0.357. The van der Waals surface area contributed by atoms with E-state index in [9.17, 15) is 4.79 Å². The average molecular weight is 318 g/mol. The Bertz CT molecular complexity index is 771. The third-order valence-electron chi connectivity index (χ3n) is 3.58. The number of hydrogen-bond donors (Lipinski definition) is 2. The Morgan fingerprint density at radius 3 is 3.32 bits per heavy atom. The molecule has 7 nitrogen and oxygen atoms in total. The summed E-state index contributed by atoms with van der Waals surface area (Å²) in [6.45, 7) is 0.949. The lowest BCUT2D eigenvalue weighted by Crippen LogP contribution is -2.23. The lowest BCUT2D eigenvalue weighted by atomic mass is 10.2. The van der Waals surface area contributed by atoms with Gasteiger partial charge in [0.05, 0.1) is 16.8 Å². The molecule has 3 aromatic heterocycles. The molecule has 1 aliphatic rings. The van der Waals surface area contributed by atoms with Gasteiger partial charge in [-0.2, -0.15) is 4.98 Å². The highest BCUT2D eigenvalue weighted by Crippen LogP contribution is 2.26. The van der Waals surface area contributed by atoms with Crippen LogP contribution in [0.25, 0.3) is 10.2 Å². The van der Waals surface area contributed by atoms with Gasteiger partial charge >= 0.3 is 0 Å². The molecule has 4 heterocycles. The monoisotopic (exact) mass is 318 g/mol.